The number of aldehydes is 1. The Hall–Kier alpha value is -1.39. The number of epoxide rings is 1. The first-order chi connectivity index (χ1) is 12.0. The lowest BCUT2D eigenvalue weighted by Crippen LogP contribution is -2.25. The molecule has 0 bridgehead atoms. The third kappa shape index (κ3) is 5.05. The molecule has 0 spiro atoms. The lowest BCUT2D eigenvalue weighted by atomic mass is 9.80. The van der Waals surface area contributed by atoms with Crippen molar-refractivity contribution in [1.29, 1.82) is 0 Å². The lowest BCUT2D eigenvalue weighted by Gasteiger charge is -2.26. The van der Waals surface area contributed by atoms with Gasteiger partial charge in [0.15, 0.2) is 6.29 Å². The Labute approximate surface area is 150 Å². The summed E-state index contributed by atoms with van der Waals surface area (Å²) in [5.41, 5.74) is 1.17. The zero-order chi connectivity index (χ0) is 17.8. The van der Waals surface area contributed by atoms with Crippen molar-refractivity contribution in [2.24, 2.45) is 5.41 Å². The number of benzene rings is 1. The minimum atomic E-state index is -0.175. The Balaban J connectivity index is 1.60. The number of carbonyl (C=O) groups is 1. The molecular weight excluding hydrogens is 316 g/mol. The standard InChI is InChI=1S/C21H30O4/c1-20(2,10-6-13-22)11-12-21(16-24-21)17-7-5-8-18(15-17)25-19-9-3-4-14-23-19/h5,7-8,13,15,19H,3-4,6,9-12,14,16H2,1-2H3. The van der Waals surface area contributed by atoms with Crippen LogP contribution in [0.25, 0.3) is 0 Å². The van der Waals surface area contributed by atoms with Gasteiger partial charge in [0.1, 0.15) is 17.6 Å². The number of carbonyl (C=O) groups excluding carboxylic acids is 1. The van der Waals surface area contributed by atoms with Crippen LogP contribution < -0.4 is 4.74 Å². The molecule has 2 saturated heterocycles. The first-order valence-corrected chi connectivity index (χ1v) is 9.49. The molecule has 1 aromatic rings. The van der Waals surface area contributed by atoms with E-state index in [1.54, 1.807) is 0 Å². The second-order valence-corrected chi connectivity index (χ2v) is 8.09. The van der Waals surface area contributed by atoms with Crippen LogP contribution in [0, 0.1) is 5.41 Å². The molecule has 2 fully saturated rings. The van der Waals surface area contributed by atoms with Gasteiger partial charge < -0.3 is 19.0 Å². The molecule has 0 aromatic heterocycles. The second-order valence-electron chi connectivity index (χ2n) is 8.09. The van der Waals surface area contributed by atoms with Crippen LogP contribution in [0.3, 0.4) is 0 Å². The fraction of sp³-hybridized carbons (Fsp3) is 0.667. The average molecular weight is 346 g/mol. The van der Waals surface area contributed by atoms with Gasteiger partial charge in [0.25, 0.3) is 0 Å². The van der Waals surface area contributed by atoms with E-state index in [2.05, 4.69) is 26.0 Å². The van der Waals surface area contributed by atoms with Gasteiger partial charge in [-0.3, -0.25) is 0 Å². The maximum atomic E-state index is 10.6. The molecule has 2 aliphatic heterocycles. The fourth-order valence-electron chi connectivity index (χ4n) is 3.47. The van der Waals surface area contributed by atoms with E-state index >= 15 is 0 Å². The quantitative estimate of drug-likeness (QED) is 0.484. The molecule has 2 unspecified atom stereocenters. The summed E-state index contributed by atoms with van der Waals surface area (Å²) in [7, 11) is 0. The number of hydrogen-bond acceptors (Lipinski definition) is 4. The predicted molar refractivity (Wildman–Crippen MR) is 96.6 cm³/mol. The molecule has 0 N–H and O–H groups in total. The molecule has 3 rings (SSSR count). The summed E-state index contributed by atoms with van der Waals surface area (Å²) in [5, 5.41) is 0. The largest absolute Gasteiger partial charge is 0.465 e. The second kappa shape index (κ2) is 7.88. The van der Waals surface area contributed by atoms with Crippen molar-refractivity contribution in [3.63, 3.8) is 0 Å². The summed E-state index contributed by atoms with van der Waals surface area (Å²) < 4.78 is 17.5. The van der Waals surface area contributed by atoms with Crippen molar-refractivity contribution in [3.8, 4) is 5.75 Å². The van der Waals surface area contributed by atoms with Crippen molar-refractivity contribution >= 4 is 6.29 Å². The van der Waals surface area contributed by atoms with E-state index in [-0.39, 0.29) is 17.3 Å². The van der Waals surface area contributed by atoms with Crippen LogP contribution in [0.15, 0.2) is 24.3 Å². The summed E-state index contributed by atoms with van der Waals surface area (Å²) >= 11 is 0. The monoisotopic (exact) mass is 346 g/mol. The first kappa shape index (κ1) is 18.4. The SMILES string of the molecule is CC(C)(CCC=O)CCC1(c2cccc(OC3CCCCO3)c2)CO1. The third-order valence-corrected chi connectivity index (χ3v) is 5.40. The molecule has 2 atom stereocenters. The molecule has 1 aromatic carbocycles. The molecule has 2 aliphatic rings. The molecule has 4 nitrogen and oxygen atoms in total. The highest BCUT2D eigenvalue weighted by Crippen LogP contribution is 2.46. The van der Waals surface area contributed by atoms with E-state index < -0.39 is 0 Å². The van der Waals surface area contributed by atoms with Gasteiger partial charge in [-0.2, -0.15) is 0 Å². The summed E-state index contributed by atoms with van der Waals surface area (Å²) in [5.74, 6) is 0.861. The summed E-state index contributed by atoms with van der Waals surface area (Å²) in [4.78, 5) is 10.6. The maximum Gasteiger partial charge on any atom is 0.199 e. The van der Waals surface area contributed by atoms with Gasteiger partial charge >= 0.3 is 0 Å². The zero-order valence-corrected chi connectivity index (χ0v) is 15.5. The summed E-state index contributed by atoms with van der Waals surface area (Å²) in [6, 6.07) is 8.25. The van der Waals surface area contributed by atoms with Gasteiger partial charge in [0.2, 0.25) is 0 Å². The Morgan fingerprint density at radius 2 is 2.16 bits per heavy atom. The highest BCUT2D eigenvalue weighted by molar-refractivity contribution is 5.49. The molecule has 0 aliphatic carbocycles. The van der Waals surface area contributed by atoms with E-state index in [1.807, 2.05) is 12.1 Å². The number of ether oxygens (including phenoxy) is 3. The third-order valence-electron chi connectivity index (χ3n) is 5.40. The number of rotatable bonds is 9. The van der Waals surface area contributed by atoms with Crippen molar-refractivity contribution in [2.45, 2.75) is 70.7 Å². The summed E-state index contributed by atoms with van der Waals surface area (Å²) in [6.45, 7) is 6.01. The van der Waals surface area contributed by atoms with Gasteiger partial charge in [0.05, 0.1) is 13.2 Å². The van der Waals surface area contributed by atoms with Crippen LogP contribution in [0.1, 0.15) is 64.4 Å². The highest BCUT2D eigenvalue weighted by atomic mass is 16.7. The molecule has 0 amide bonds. The first-order valence-electron chi connectivity index (χ1n) is 9.49. The van der Waals surface area contributed by atoms with Crippen LogP contribution in [-0.4, -0.2) is 25.8 Å². The van der Waals surface area contributed by atoms with E-state index in [1.165, 1.54) is 5.56 Å². The molecule has 0 saturated carbocycles. The Morgan fingerprint density at radius 1 is 1.32 bits per heavy atom. The topological polar surface area (TPSA) is 48.1 Å². The van der Waals surface area contributed by atoms with Crippen molar-refractivity contribution in [1.82, 2.24) is 0 Å². The molecule has 0 radical (unpaired) electrons. The molecule has 138 valence electrons. The number of hydrogen-bond donors (Lipinski definition) is 0. The summed E-state index contributed by atoms with van der Waals surface area (Å²) in [6.07, 6.45) is 7.70. The Morgan fingerprint density at radius 3 is 2.84 bits per heavy atom. The molecule has 2 heterocycles. The van der Waals surface area contributed by atoms with E-state index in [9.17, 15) is 4.79 Å². The molecule has 4 heteroatoms. The Bertz CT molecular complexity index is 571. The van der Waals surface area contributed by atoms with Gasteiger partial charge in [-0.15, -0.1) is 0 Å². The maximum absolute atomic E-state index is 10.6. The van der Waals surface area contributed by atoms with Crippen LogP contribution in [0.4, 0.5) is 0 Å². The minimum absolute atomic E-state index is 0.123. The van der Waals surface area contributed by atoms with Gasteiger partial charge in [-0.1, -0.05) is 26.0 Å². The highest BCUT2D eigenvalue weighted by Gasteiger charge is 2.47. The average Bonchev–Trinajstić information content (AvgIpc) is 3.41. The van der Waals surface area contributed by atoms with Crippen LogP contribution in [0.2, 0.25) is 0 Å². The molecule has 25 heavy (non-hydrogen) atoms. The predicted octanol–water partition coefficient (Wildman–Crippen LogP) is 4.60. The van der Waals surface area contributed by atoms with Crippen molar-refractivity contribution in [3.05, 3.63) is 29.8 Å². The normalized spacial score (nSPS) is 26.2. The van der Waals surface area contributed by atoms with Crippen LogP contribution >= 0.6 is 0 Å². The van der Waals surface area contributed by atoms with Crippen molar-refractivity contribution < 1.29 is 19.0 Å². The smallest absolute Gasteiger partial charge is 0.199 e. The minimum Gasteiger partial charge on any atom is -0.465 e. The zero-order valence-electron chi connectivity index (χ0n) is 15.5. The van der Waals surface area contributed by atoms with E-state index in [0.29, 0.717) is 6.42 Å². The van der Waals surface area contributed by atoms with E-state index in [0.717, 1.165) is 63.8 Å². The lowest BCUT2D eigenvalue weighted by molar-refractivity contribution is -0.108. The Kier molecular flexibility index (Phi) is 5.80. The van der Waals surface area contributed by atoms with Gasteiger partial charge in [-0.25, -0.2) is 0 Å². The molecular formula is C21H30O4. The fourth-order valence-corrected chi connectivity index (χ4v) is 3.47. The van der Waals surface area contributed by atoms with Crippen LogP contribution in [0.5, 0.6) is 5.75 Å². The van der Waals surface area contributed by atoms with Crippen molar-refractivity contribution in [2.75, 3.05) is 13.2 Å². The van der Waals surface area contributed by atoms with E-state index in [4.69, 9.17) is 14.2 Å². The van der Waals surface area contributed by atoms with Gasteiger partial charge in [0, 0.05) is 12.8 Å². The van der Waals surface area contributed by atoms with Crippen LogP contribution in [-0.2, 0) is 19.9 Å². The van der Waals surface area contributed by atoms with Gasteiger partial charge in [-0.05, 0) is 55.2 Å².